The standard InChI is InChI=1S/C18H29N3O4S/c1-18(2,3)14-10-15(22)21-11-13(12-26-17(21)19-14)16(23)20(6-8-24-4)7-9-25-5/h10,13H,6-9,11-12H2,1-5H3. The molecule has 8 heteroatoms. The lowest BCUT2D eigenvalue weighted by atomic mass is 9.92. The molecule has 146 valence electrons. The Morgan fingerprint density at radius 2 is 1.92 bits per heavy atom. The Kier molecular flexibility index (Phi) is 7.25. The third kappa shape index (κ3) is 5.08. The average Bonchev–Trinajstić information content (AvgIpc) is 2.60. The number of hydrogen-bond acceptors (Lipinski definition) is 6. The van der Waals surface area contributed by atoms with Gasteiger partial charge in [-0.3, -0.25) is 14.2 Å². The van der Waals surface area contributed by atoms with Crippen molar-refractivity contribution in [2.45, 2.75) is 37.9 Å². The first-order valence-electron chi connectivity index (χ1n) is 8.79. The van der Waals surface area contributed by atoms with Gasteiger partial charge >= 0.3 is 0 Å². The second-order valence-corrected chi connectivity index (χ2v) is 8.43. The number of nitrogens with zero attached hydrogens (tertiary/aromatic N) is 3. The van der Waals surface area contributed by atoms with Gasteiger partial charge in [-0.15, -0.1) is 0 Å². The smallest absolute Gasteiger partial charge is 0.254 e. The van der Waals surface area contributed by atoms with Crippen LogP contribution in [0.15, 0.2) is 16.0 Å². The summed E-state index contributed by atoms with van der Waals surface area (Å²) in [5.74, 6) is 0.403. The quantitative estimate of drug-likeness (QED) is 0.663. The lowest BCUT2D eigenvalue weighted by molar-refractivity contribution is -0.136. The number of hydrogen-bond donors (Lipinski definition) is 0. The molecule has 1 aliphatic rings. The molecule has 0 fully saturated rings. The van der Waals surface area contributed by atoms with Crippen LogP contribution in [0.4, 0.5) is 0 Å². The molecule has 0 aromatic carbocycles. The van der Waals surface area contributed by atoms with E-state index in [9.17, 15) is 9.59 Å². The monoisotopic (exact) mass is 383 g/mol. The van der Waals surface area contributed by atoms with Crippen molar-refractivity contribution in [1.82, 2.24) is 14.5 Å². The lowest BCUT2D eigenvalue weighted by Gasteiger charge is -2.30. The van der Waals surface area contributed by atoms with Crippen LogP contribution in [0, 0.1) is 5.92 Å². The number of amides is 1. The molecule has 0 saturated carbocycles. The van der Waals surface area contributed by atoms with E-state index in [1.165, 1.54) is 11.8 Å². The van der Waals surface area contributed by atoms with Gasteiger partial charge in [-0.1, -0.05) is 32.5 Å². The van der Waals surface area contributed by atoms with Gasteiger partial charge in [-0.2, -0.15) is 0 Å². The molecule has 1 aromatic heterocycles. The molecular weight excluding hydrogens is 354 g/mol. The van der Waals surface area contributed by atoms with E-state index in [2.05, 4.69) is 4.98 Å². The third-order valence-electron chi connectivity index (χ3n) is 4.35. The number of fused-ring (bicyclic) bond motifs is 1. The fraction of sp³-hybridized carbons (Fsp3) is 0.722. The molecule has 26 heavy (non-hydrogen) atoms. The average molecular weight is 384 g/mol. The van der Waals surface area contributed by atoms with Gasteiger partial charge in [0.15, 0.2) is 5.16 Å². The molecule has 0 N–H and O–H groups in total. The Morgan fingerprint density at radius 1 is 1.31 bits per heavy atom. The number of methoxy groups -OCH3 is 2. The summed E-state index contributed by atoms with van der Waals surface area (Å²) in [7, 11) is 3.23. The molecule has 7 nitrogen and oxygen atoms in total. The maximum absolute atomic E-state index is 12.9. The highest BCUT2D eigenvalue weighted by atomic mass is 32.2. The minimum Gasteiger partial charge on any atom is -0.383 e. The first kappa shape index (κ1) is 20.9. The van der Waals surface area contributed by atoms with Crippen LogP contribution in [0.3, 0.4) is 0 Å². The van der Waals surface area contributed by atoms with Crippen molar-refractivity contribution >= 4 is 17.7 Å². The van der Waals surface area contributed by atoms with Gasteiger partial charge in [0, 0.05) is 51.1 Å². The van der Waals surface area contributed by atoms with Crippen molar-refractivity contribution in [3.05, 3.63) is 22.1 Å². The van der Waals surface area contributed by atoms with Crippen LogP contribution in [0.2, 0.25) is 0 Å². The van der Waals surface area contributed by atoms with Crippen molar-refractivity contribution in [2.24, 2.45) is 5.92 Å². The summed E-state index contributed by atoms with van der Waals surface area (Å²) in [5.41, 5.74) is 0.511. The van der Waals surface area contributed by atoms with E-state index in [1.54, 1.807) is 29.8 Å². The van der Waals surface area contributed by atoms with Crippen molar-refractivity contribution < 1.29 is 14.3 Å². The van der Waals surface area contributed by atoms with Gasteiger partial charge in [0.1, 0.15) is 0 Å². The molecule has 2 rings (SSSR count). The van der Waals surface area contributed by atoms with Crippen LogP contribution in [-0.2, 0) is 26.2 Å². The lowest BCUT2D eigenvalue weighted by Crippen LogP contribution is -2.45. The van der Waals surface area contributed by atoms with Crippen LogP contribution in [0.5, 0.6) is 0 Å². The molecular formula is C18H29N3O4S. The van der Waals surface area contributed by atoms with Crippen molar-refractivity contribution in [3.63, 3.8) is 0 Å². The SMILES string of the molecule is COCCN(CCOC)C(=O)C1CSc2nc(C(C)(C)C)cc(=O)n2C1. The van der Waals surface area contributed by atoms with Gasteiger partial charge < -0.3 is 14.4 Å². The normalized spacial score (nSPS) is 17.0. The molecule has 0 aliphatic carbocycles. The first-order valence-corrected chi connectivity index (χ1v) is 9.78. The largest absolute Gasteiger partial charge is 0.383 e. The Labute approximate surface area is 159 Å². The summed E-state index contributed by atoms with van der Waals surface area (Å²) in [4.78, 5) is 31.9. The number of aromatic nitrogens is 2. The topological polar surface area (TPSA) is 73.7 Å². The van der Waals surface area contributed by atoms with Gasteiger partial charge in [-0.25, -0.2) is 4.98 Å². The molecule has 1 aromatic rings. The molecule has 0 spiro atoms. The molecule has 1 unspecified atom stereocenters. The van der Waals surface area contributed by atoms with Gasteiger partial charge in [0.25, 0.3) is 5.56 Å². The van der Waals surface area contributed by atoms with E-state index in [0.29, 0.717) is 43.8 Å². The molecule has 1 aliphatic heterocycles. The maximum Gasteiger partial charge on any atom is 0.254 e. The zero-order chi connectivity index (χ0) is 19.3. The Balaban J connectivity index is 2.18. The van der Waals surface area contributed by atoms with Gasteiger partial charge in [0.05, 0.1) is 24.8 Å². The highest BCUT2D eigenvalue weighted by molar-refractivity contribution is 7.99. The number of carbonyl (C=O) groups is 1. The summed E-state index contributed by atoms with van der Waals surface area (Å²) in [6.45, 7) is 8.46. The Hall–Kier alpha value is -1.38. The third-order valence-corrected chi connectivity index (χ3v) is 5.49. The summed E-state index contributed by atoms with van der Waals surface area (Å²) in [6.07, 6.45) is 0. The number of ether oxygens (including phenoxy) is 2. The summed E-state index contributed by atoms with van der Waals surface area (Å²) >= 11 is 1.48. The molecule has 1 amide bonds. The van der Waals surface area contributed by atoms with Crippen molar-refractivity contribution in [3.8, 4) is 0 Å². The fourth-order valence-corrected chi connectivity index (χ4v) is 3.82. The Bertz CT molecular complexity index is 676. The molecule has 0 saturated heterocycles. The van der Waals surface area contributed by atoms with Crippen molar-refractivity contribution in [2.75, 3.05) is 46.3 Å². The minimum absolute atomic E-state index is 0.0315. The van der Waals surface area contributed by atoms with Gasteiger partial charge in [-0.05, 0) is 0 Å². The van der Waals surface area contributed by atoms with E-state index in [4.69, 9.17) is 9.47 Å². The summed E-state index contributed by atoms with van der Waals surface area (Å²) in [6, 6.07) is 1.59. The van der Waals surface area contributed by atoms with E-state index >= 15 is 0 Å². The van der Waals surface area contributed by atoms with Gasteiger partial charge in [0.2, 0.25) is 5.91 Å². The first-order chi connectivity index (χ1) is 12.3. The fourth-order valence-electron chi connectivity index (χ4n) is 2.74. The molecule has 0 bridgehead atoms. The minimum atomic E-state index is -0.249. The van der Waals surface area contributed by atoms with E-state index in [0.717, 1.165) is 5.69 Å². The molecule has 1 atom stereocenters. The van der Waals surface area contributed by atoms with Crippen LogP contribution in [-0.4, -0.2) is 66.6 Å². The zero-order valence-electron chi connectivity index (χ0n) is 16.3. The van der Waals surface area contributed by atoms with Crippen LogP contribution >= 0.6 is 11.8 Å². The van der Waals surface area contributed by atoms with E-state index in [-0.39, 0.29) is 22.8 Å². The van der Waals surface area contributed by atoms with E-state index in [1.807, 2.05) is 20.8 Å². The second kappa shape index (κ2) is 9.01. The van der Waals surface area contributed by atoms with Crippen LogP contribution < -0.4 is 5.56 Å². The zero-order valence-corrected chi connectivity index (χ0v) is 17.1. The number of thioether (sulfide) groups is 1. The van der Waals surface area contributed by atoms with Crippen LogP contribution in [0.1, 0.15) is 26.5 Å². The predicted molar refractivity (Wildman–Crippen MR) is 102 cm³/mol. The summed E-state index contributed by atoms with van der Waals surface area (Å²) in [5, 5.41) is 0.701. The maximum atomic E-state index is 12.9. The number of carbonyl (C=O) groups excluding carboxylic acids is 1. The molecule has 2 heterocycles. The van der Waals surface area contributed by atoms with Crippen LogP contribution in [0.25, 0.3) is 0 Å². The van der Waals surface area contributed by atoms with Crippen molar-refractivity contribution in [1.29, 1.82) is 0 Å². The highest BCUT2D eigenvalue weighted by Crippen LogP contribution is 2.28. The Morgan fingerprint density at radius 3 is 2.46 bits per heavy atom. The number of rotatable bonds is 7. The highest BCUT2D eigenvalue weighted by Gasteiger charge is 2.31. The molecule has 0 radical (unpaired) electrons. The summed E-state index contributed by atoms with van der Waals surface area (Å²) < 4.78 is 11.8. The van der Waals surface area contributed by atoms with E-state index < -0.39 is 0 Å². The predicted octanol–water partition coefficient (Wildman–Crippen LogP) is 1.38. The second-order valence-electron chi connectivity index (χ2n) is 7.44.